The first kappa shape index (κ1) is 22.9. The fourth-order valence-electron chi connectivity index (χ4n) is 4.61. The first-order valence-corrected chi connectivity index (χ1v) is 11.1. The molecule has 1 aromatic rings. The van der Waals surface area contributed by atoms with Crippen LogP contribution in [0.4, 0.5) is 5.69 Å². The Hall–Kier alpha value is -2.75. The molecule has 0 aliphatic carbocycles. The summed E-state index contributed by atoms with van der Waals surface area (Å²) < 4.78 is 0. The number of allylic oxidation sites excluding steroid dienone is 4. The zero-order valence-electron chi connectivity index (χ0n) is 20.0. The van der Waals surface area contributed by atoms with Gasteiger partial charge in [0.15, 0.2) is 0 Å². The Morgan fingerprint density at radius 2 is 1.77 bits per heavy atom. The molecule has 1 aromatic carbocycles. The Labute approximate surface area is 187 Å². The fraction of sp³-hybridized carbons (Fsp3) is 0.444. The molecule has 0 radical (unpaired) electrons. The van der Waals surface area contributed by atoms with Gasteiger partial charge in [-0.3, -0.25) is 0 Å². The van der Waals surface area contributed by atoms with Crippen molar-refractivity contribution in [1.82, 2.24) is 0 Å². The van der Waals surface area contributed by atoms with Gasteiger partial charge >= 0.3 is 0 Å². The molecule has 31 heavy (non-hydrogen) atoms. The van der Waals surface area contributed by atoms with E-state index < -0.39 is 0 Å². The third kappa shape index (κ3) is 4.08. The molecule has 4 nitrogen and oxygen atoms in total. The molecular weight excluding hydrogens is 382 g/mol. The van der Waals surface area contributed by atoms with Crippen LogP contribution in [0.1, 0.15) is 71.1 Å². The van der Waals surface area contributed by atoms with Crippen molar-refractivity contribution >= 4 is 11.5 Å². The Kier molecular flexibility index (Phi) is 5.96. The molecular formula is C27H37N3O. The van der Waals surface area contributed by atoms with E-state index in [1.165, 1.54) is 11.3 Å². The van der Waals surface area contributed by atoms with Gasteiger partial charge in [-0.25, -0.2) is 4.99 Å². The van der Waals surface area contributed by atoms with Crippen LogP contribution in [-0.2, 0) is 10.8 Å². The first-order chi connectivity index (χ1) is 14.4. The van der Waals surface area contributed by atoms with Gasteiger partial charge in [0.25, 0.3) is 0 Å². The smallest absolute Gasteiger partial charge is 0.135 e. The number of phenols is 1. The number of hydrogen-bond donors (Lipinski definition) is 2. The van der Waals surface area contributed by atoms with Crippen molar-refractivity contribution in [2.45, 2.75) is 65.2 Å². The predicted molar refractivity (Wildman–Crippen MR) is 133 cm³/mol. The average molecular weight is 420 g/mol. The molecule has 4 heteroatoms. The summed E-state index contributed by atoms with van der Waals surface area (Å²) in [6.07, 6.45) is 7.95. The summed E-state index contributed by atoms with van der Waals surface area (Å²) in [4.78, 5) is 6.98. The normalized spacial score (nSPS) is 20.0. The Bertz CT molecular complexity index is 1020. The number of phenolic OH excluding ortho intramolecular Hbond substituents is 1. The standard InChI is InChI=1S/C27H37N3O/c1-9-10-11-17(2)18(3)19(4)29-25(28)20-16-21-23-22(24(20)31)27(7,8)13-15-30(23)14-12-26(21,5)6/h9-11,16,31H,3-4,12-15H2,1-2,5-8H3,(H2,28,29)/b10-9-,17-11-. The lowest BCUT2D eigenvalue weighted by atomic mass is 9.68. The second kappa shape index (κ2) is 8.07. The number of hydrogen-bond acceptors (Lipinski definition) is 3. The van der Waals surface area contributed by atoms with Crippen molar-refractivity contribution in [2.75, 3.05) is 18.0 Å². The summed E-state index contributed by atoms with van der Waals surface area (Å²) >= 11 is 0. The molecule has 166 valence electrons. The van der Waals surface area contributed by atoms with Crippen LogP contribution in [0.3, 0.4) is 0 Å². The SMILES string of the molecule is C=C(N=C(N)c1cc2c3c(c1O)C(C)(C)CCN3CCC2(C)C)C(=C)/C(C)=C\C=C/C. The molecule has 0 fully saturated rings. The molecule has 0 amide bonds. The minimum atomic E-state index is -0.138. The van der Waals surface area contributed by atoms with Gasteiger partial charge in [0.2, 0.25) is 0 Å². The molecule has 0 unspecified atom stereocenters. The number of nitrogens with two attached hydrogens (primary N) is 1. The van der Waals surface area contributed by atoms with Gasteiger partial charge < -0.3 is 15.7 Å². The summed E-state index contributed by atoms with van der Waals surface area (Å²) in [6.45, 7) is 23.1. The number of amidine groups is 1. The van der Waals surface area contributed by atoms with E-state index in [0.717, 1.165) is 42.6 Å². The summed E-state index contributed by atoms with van der Waals surface area (Å²) in [7, 11) is 0. The van der Waals surface area contributed by atoms with E-state index in [1.807, 2.05) is 38.1 Å². The van der Waals surface area contributed by atoms with Gasteiger partial charge in [0.1, 0.15) is 11.6 Å². The van der Waals surface area contributed by atoms with Crippen LogP contribution in [0.2, 0.25) is 0 Å². The van der Waals surface area contributed by atoms with Crippen molar-refractivity contribution in [1.29, 1.82) is 0 Å². The summed E-state index contributed by atoms with van der Waals surface area (Å²) in [5.41, 5.74) is 12.5. The fourth-order valence-corrected chi connectivity index (χ4v) is 4.61. The molecule has 3 rings (SSSR count). The van der Waals surface area contributed by atoms with Gasteiger partial charge in [-0.15, -0.1) is 0 Å². The molecule has 2 aliphatic rings. The average Bonchev–Trinajstić information content (AvgIpc) is 2.69. The maximum atomic E-state index is 11.4. The lowest BCUT2D eigenvalue weighted by Crippen LogP contribution is -2.45. The van der Waals surface area contributed by atoms with Gasteiger partial charge in [0, 0.05) is 24.3 Å². The summed E-state index contributed by atoms with van der Waals surface area (Å²) in [5, 5.41) is 11.4. The Morgan fingerprint density at radius 3 is 2.39 bits per heavy atom. The minimum absolute atomic E-state index is 0.00313. The molecule has 3 N–H and O–H groups in total. The molecule has 0 bridgehead atoms. The number of aromatic hydroxyl groups is 1. The van der Waals surface area contributed by atoms with Crippen molar-refractivity contribution in [3.8, 4) is 5.75 Å². The minimum Gasteiger partial charge on any atom is -0.507 e. The predicted octanol–water partition coefficient (Wildman–Crippen LogP) is 5.86. The van der Waals surface area contributed by atoms with E-state index in [0.29, 0.717) is 11.3 Å². The van der Waals surface area contributed by atoms with E-state index >= 15 is 0 Å². The highest BCUT2D eigenvalue weighted by atomic mass is 16.3. The molecule has 0 spiro atoms. The number of nitrogens with zero attached hydrogens (tertiary/aromatic N) is 2. The van der Waals surface area contributed by atoms with E-state index in [4.69, 9.17) is 5.73 Å². The summed E-state index contributed by atoms with van der Waals surface area (Å²) in [5.74, 6) is 0.517. The molecule has 0 saturated carbocycles. The van der Waals surface area contributed by atoms with Gasteiger partial charge in [-0.2, -0.15) is 0 Å². The zero-order chi connectivity index (χ0) is 23.1. The highest BCUT2D eigenvalue weighted by molar-refractivity contribution is 6.02. The van der Waals surface area contributed by atoms with Gasteiger partial charge in [-0.05, 0) is 60.3 Å². The highest BCUT2D eigenvalue weighted by Crippen LogP contribution is 2.53. The third-order valence-electron chi connectivity index (χ3n) is 6.90. The molecule has 0 saturated heterocycles. The summed E-state index contributed by atoms with van der Waals surface area (Å²) in [6, 6.07) is 2.04. The lowest BCUT2D eigenvalue weighted by molar-refractivity contribution is 0.378. The number of benzene rings is 1. The van der Waals surface area contributed by atoms with Crippen molar-refractivity contribution in [3.05, 3.63) is 71.0 Å². The molecule has 0 aromatic heterocycles. The van der Waals surface area contributed by atoms with Gasteiger partial charge in [0.05, 0.1) is 11.3 Å². The number of aliphatic imine (C=N–C) groups is 1. The zero-order valence-corrected chi connectivity index (χ0v) is 20.0. The van der Waals surface area contributed by atoms with E-state index in [2.05, 4.69) is 50.7 Å². The quantitative estimate of drug-likeness (QED) is 0.357. The van der Waals surface area contributed by atoms with Crippen LogP contribution in [0.5, 0.6) is 5.75 Å². The molecule has 2 heterocycles. The first-order valence-electron chi connectivity index (χ1n) is 11.1. The monoisotopic (exact) mass is 419 g/mol. The van der Waals surface area contributed by atoms with E-state index in [9.17, 15) is 5.11 Å². The van der Waals surface area contributed by atoms with Crippen LogP contribution in [0.25, 0.3) is 0 Å². The molecule has 2 aliphatic heterocycles. The van der Waals surface area contributed by atoms with Crippen molar-refractivity contribution in [2.24, 2.45) is 10.7 Å². The Morgan fingerprint density at radius 1 is 1.16 bits per heavy atom. The number of anilines is 1. The highest BCUT2D eigenvalue weighted by Gasteiger charge is 2.42. The largest absolute Gasteiger partial charge is 0.507 e. The van der Waals surface area contributed by atoms with Crippen molar-refractivity contribution in [3.63, 3.8) is 0 Å². The van der Waals surface area contributed by atoms with E-state index in [1.54, 1.807) is 0 Å². The van der Waals surface area contributed by atoms with Crippen LogP contribution < -0.4 is 10.6 Å². The molecule has 0 atom stereocenters. The second-order valence-electron chi connectivity index (χ2n) is 10.1. The van der Waals surface area contributed by atoms with Crippen LogP contribution in [-0.4, -0.2) is 24.0 Å². The topological polar surface area (TPSA) is 61.9 Å². The lowest BCUT2D eigenvalue weighted by Gasteiger charge is -2.48. The van der Waals surface area contributed by atoms with Gasteiger partial charge in [-0.1, -0.05) is 59.1 Å². The second-order valence-corrected chi connectivity index (χ2v) is 10.1. The number of rotatable bonds is 5. The van der Waals surface area contributed by atoms with Crippen molar-refractivity contribution < 1.29 is 5.11 Å². The van der Waals surface area contributed by atoms with Crippen LogP contribution in [0.15, 0.2) is 59.3 Å². The third-order valence-corrected chi connectivity index (χ3v) is 6.90. The van der Waals surface area contributed by atoms with Crippen LogP contribution >= 0.6 is 0 Å². The Balaban J connectivity index is 2.14. The maximum Gasteiger partial charge on any atom is 0.135 e. The van der Waals surface area contributed by atoms with Crippen LogP contribution in [0, 0.1) is 0 Å². The maximum absolute atomic E-state index is 11.4. The van der Waals surface area contributed by atoms with E-state index in [-0.39, 0.29) is 22.4 Å².